The Morgan fingerprint density at radius 1 is 1.71 bits per heavy atom. The third kappa shape index (κ3) is 3.10. The van der Waals surface area contributed by atoms with Gasteiger partial charge in [0.2, 0.25) is 0 Å². The molecule has 1 aromatic rings. The number of ether oxygens (including phenoxy) is 1. The molecule has 80 valence electrons. The highest BCUT2D eigenvalue weighted by Gasteiger charge is 2.09. The van der Waals surface area contributed by atoms with Crippen LogP contribution in [0.5, 0.6) is 0 Å². The zero-order valence-electron chi connectivity index (χ0n) is 8.60. The fourth-order valence-corrected chi connectivity index (χ4v) is 1.23. The molecule has 0 spiro atoms. The maximum absolute atomic E-state index is 9.73. The number of rotatable bonds is 6. The summed E-state index contributed by atoms with van der Waals surface area (Å²) in [5, 5.41) is 16.8. The Balaban J connectivity index is 2.28. The summed E-state index contributed by atoms with van der Waals surface area (Å²) in [6.07, 6.45) is 1.16. The standard InChI is InChI=1S/C9H17N3O2/c1-12-8(3-4-11-12)9(13)7-10-5-6-14-2/h3-4,9-10,13H,5-7H2,1-2H3. The Kier molecular flexibility index (Phi) is 4.58. The van der Waals surface area contributed by atoms with Gasteiger partial charge in [-0.15, -0.1) is 0 Å². The van der Waals surface area contributed by atoms with Crippen LogP contribution in [0.2, 0.25) is 0 Å². The first-order chi connectivity index (χ1) is 6.75. The van der Waals surface area contributed by atoms with Gasteiger partial charge in [-0.2, -0.15) is 5.10 Å². The molecule has 2 N–H and O–H groups in total. The molecule has 0 fully saturated rings. The molecule has 1 aromatic heterocycles. The molecule has 0 aromatic carbocycles. The van der Waals surface area contributed by atoms with Crippen LogP contribution in [0.25, 0.3) is 0 Å². The molecule has 0 saturated heterocycles. The van der Waals surface area contributed by atoms with E-state index in [0.29, 0.717) is 13.2 Å². The molecule has 14 heavy (non-hydrogen) atoms. The highest BCUT2D eigenvalue weighted by Crippen LogP contribution is 2.08. The number of methoxy groups -OCH3 is 1. The van der Waals surface area contributed by atoms with Gasteiger partial charge in [-0.3, -0.25) is 4.68 Å². The highest BCUT2D eigenvalue weighted by molar-refractivity contribution is 5.04. The summed E-state index contributed by atoms with van der Waals surface area (Å²) in [4.78, 5) is 0. The van der Waals surface area contributed by atoms with E-state index in [4.69, 9.17) is 4.74 Å². The minimum Gasteiger partial charge on any atom is -0.385 e. The lowest BCUT2D eigenvalue weighted by atomic mass is 10.2. The van der Waals surface area contributed by atoms with E-state index >= 15 is 0 Å². The van der Waals surface area contributed by atoms with Crippen molar-refractivity contribution in [3.63, 3.8) is 0 Å². The van der Waals surface area contributed by atoms with E-state index < -0.39 is 6.10 Å². The Morgan fingerprint density at radius 3 is 3.07 bits per heavy atom. The second-order valence-electron chi connectivity index (χ2n) is 3.09. The van der Waals surface area contributed by atoms with Crippen LogP contribution < -0.4 is 5.32 Å². The summed E-state index contributed by atoms with van der Waals surface area (Å²) < 4.78 is 6.55. The third-order valence-corrected chi connectivity index (χ3v) is 2.02. The average Bonchev–Trinajstić information content (AvgIpc) is 2.59. The van der Waals surface area contributed by atoms with Crippen molar-refractivity contribution in [3.8, 4) is 0 Å². The minimum atomic E-state index is -0.514. The predicted molar refractivity (Wildman–Crippen MR) is 52.9 cm³/mol. The van der Waals surface area contributed by atoms with Gasteiger partial charge >= 0.3 is 0 Å². The van der Waals surface area contributed by atoms with Crippen molar-refractivity contribution in [1.29, 1.82) is 0 Å². The maximum Gasteiger partial charge on any atom is 0.108 e. The zero-order chi connectivity index (χ0) is 10.4. The second kappa shape index (κ2) is 5.74. The molecule has 5 nitrogen and oxygen atoms in total. The molecule has 0 radical (unpaired) electrons. The Hall–Kier alpha value is -0.910. The Bertz CT molecular complexity index is 262. The summed E-state index contributed by atoms with van der Waals surface area (Å²) in [5.41, 5.74) is 0.815. The molecule has 0 aliphatic carbocycles. The summed E-state index contributed by atoms with van der Waals surface area (Å²) in [7, 11) is 3.47. The van der Waals surface area contributed by atoms with Crippen LogP contribution in [0.1, 0.15) is 11.8 Å². The van der Waals surface area contributed by atoms with Gasteiger partial charge in [0.05, 0.1) is 12.3 Å². The van der Waals surface area contributed by atoms with E-state index in [1.165, 1.54) is 0 Å². The number of aryl methyl sites for hydroxylation is 1. The SMILES string of the molecule is COCCNCC(O)c1ccnn1C. The normalized spacial score (nSPS) is 13.1. The molecule has 1 unspecified atom stereocenters. The molecule has 1 heterocycles. The van der Waals surface area contributed by atoms with Gasteiger partial charge in [-0.05, 0) is 6.07 Å². The fourth-order valence-electron chi connectivity index (χ4n) is 1.23. The van der Waals surface area contributed by atoms with Crippen molar-refractivity contribution in [2.75, 3.05) is 26.8 Å². The van der Waals surface area contributed by atoms with E-state index in [9.17, 15) is 5.11 Å². The van der Waals surface area contributed by atoms with Gasteiger partial charge in [-0.25, -0.2) is 0 Å². The van der Waals surface area contributed by atoms with E-state index in [2.05, 4.69) is 10.4 Å². The van der Waals surface area contributed by atoms with Gasteiger partial charge in [0.1, 0.15) is 6.10 Å². The van der Waals surface area contributed by atoms with Crippen LogP contribution in [0, 0.1) is 0 Å². The average molecular weight is 199 g/mol. The van der Waals surface area contributed by atoms with E-state index in [1.54, 1.807) is 18.0 Å². The van der Waals surface area contributed by atoms with Crippen LogP contribution in [0.15, 0.2) is 12.3 Å². The molecule has 1 atom stereocenters. The van der Waals surface area contributed by atoms with Crippen LogP contribution >= 0.6 is 0 Å². The summed E-state index contributed by atoms with van der Waals surface area (Å²) in [6, 6.07) is 1.81. The van der Waals surface area contributed by atoms with Crippen LogP contribution in [-0.2, 0) is 11.8 Å². The minimum absolute atomic E-state index is 0.514. The second-order valence-corrected chi connectivity index (χ2v) is 3.09. The van der Waals surface area contributed by atoms with Gasteiger partial charge < -0.3 is 15.2 Å². The van der Waals surface area contributed by atoms with Crippen molar-refractivity contribution < 1.29 is 9.84 Å². The summed E-state index contributed by atoms with van der Waals surface area (Å²) in [5.74, 6) is 0. The molecular weight excluding hydrogens is 182 g/mol. The number of aliphatic hydroxyl groups excluding tert-OH is 1. The number of aliphatic hydroxyl groups is 1. The molecule has 0 aliphatic rings. The lowest BCUT2D eigenvalue weighted by Crippen LogP contribution is -2.26. The van der Waals surface area contributed by atoms with Crippen LogP contribution in [-0.4, -0.2) is 41.7 Å². The first kappa shape index (κ1) is 11.2. The number of aromatic nitrogens is 2. The first-order valence-electron chi connectivity index (χ1n) is 4.61. The monoisotopic (exact) mass is 199 g/mol. The predicted octanol–water partition coefficient (Wildman–Crippen LogP) is -0.311. The lowest BCUT2D eigenvalue weighted by molar-refractivity contribution is 0.154. The zero-order valence-corrected chi connectivity index (χ0v) is 8.60. The third-order valence-electron chi connectivity index (χ3n) is 2.02. The van der Waals surface area contributed by atoms with Gasteiger partial charge in [0.25, 0.3) is 0 Å². The van der Waals surface area contributed by atoms with Gasteiger partial charge in [0.15, 0.2) is 0 Å². The molecule has 0 bridgehead atoms. The molecule has 5 heteroatoms. The molecule has 0 saturated carbocycles. The van der Waals surface area contributed by atoms with Crippen molar-refractivity contribution in [2.45, 2.75) is 6.10 Å². The molecule has 1 rings (SSSR count). The molecule has 0 aliphatic heterocycles. The lowest BCUT2D eigenvalue weighted by Gasteiger charge is -2.11. The van der Waals surface area contributed by atoms with Crippen molar-refractivity contribution >= 4 is 0 Å². The van der Waals surface area contributed by atoms with Crippen LogP contribution in [0.4, 0.5) is 0 Å². The van der Waals surface area contributed by atoms with E-state index in [1.807, 2.05) is 13.1 Å². The highest BCUT2D eigenvalue weighted by atomic mass is 16.5. The summed E-state index contributed by atoms with van der Waals surface area (Å²) in [6.45, 7) is 1.91. The number of hydrogen-bond acceptors (Lipinski definition) is 4. The fraction of sp³-hybridized carbons (Fsp3) is 0.667. The number of hydrogen-bond donors (Lipinski definition) is 2. The number of nitrogens with zero attached hydrogens (tertiary/aromatic N) is 2. The van der Waals surface area contributed by atoms with E-state index in [-0.39, 0.29) is 0 Å². The van der Waals surface area contributed by atoms with Crippen LogP contribution in [0.3, 0.4) is 0 Å². The van der Waals surface area contributed by atoms with Gasteiger partial charge in [-0.1, -0.05) is 0 Å². The van der Waals surface area contributed by atoms with Gasteiger partial charge in [0, 0.05) is 33.4 Å². The van der Waals surface area contributed by atoms with Crippen molar-refractivity contribution in [1.82, 2.24) is 15.1 Å². The largest absolute Gasteiger partial charge is 0.385 e. The van der Waals surface area contributed by atoms with Crippen molar-refractivity contribution in [3.05, 3.63) is 18.0 Å². The Labute approximate surface area is 83.7 Å². The summed E-state index contributed by atoms with van der Waals surface area (Å²) >= 11 is 0. The first-order valence-corrected chi connectivity index (χ1v) is 4.61. The topological polar surface area (TPSA) is 59.3 Å². The quantitative estimate of drug-likeness (QED) is 0.617. The van der Waals surface area contributed by atoms with E-state index in [0.717, 1.165) is 12.2 Å². The Morgan fingerprint density at radius 2 is 2.50 bits per heavy atom. The maximum atomic E-state index is 9.73. The molecular formula is C9H17N3O2. The molecule has 0 amide bonds. The number of nitrogens with one attached hydrogen (secondary N) is 1. The van der Waals surface area contributed by atoms with Crippen molar-refractivity contribution in [2.24, 2.45) is 7.05 Å². The smallest absolute Gasteiger partial charge is 0.108 e.